The van der Waals surface area contributed by atoms with Gasteiger partial charge in [-0.3, -0.25) is 4.79 Å². The molecule has 2 rings (SSSR count). The summed E-state index contributed by atoms with van der Waals surface area (Å²) in [5.74, 6) is 0.246. The normalized spacial score (nSPS) is 22.1. The minimum Gasteiger partial charge on any atom is -0.349 e. The molecule has 1 aliphatic carbocycles. The van der Waals surface area contributed by atoms with Crippen LogP contribution in [0.15, 0.2) is 17.0 Å². The topological polar surface area (TPSA) is 89.3 Å². The molecule has 0 saturated heterocycles. The van der Waals surface area contributed by atoms with Crippen LogP contribution >= 0.6 is 0 Å². The number of amides is 1. The largest absolute Gasteiger partial charge is 0.349 e. The van der Waals surface area contributed by atoms with Gasteiger partial charge in [0.2, 0.25) is 10.0 Å². The van der Waals surface area contributed by atoms with Crippen LogP contribution in [0.25, 0.3) is 0 Å². The highest BCUT2D eigenvalue weighted by Gasteiger charge is 2.34. The molecule has 1 aliphatic rings. The van der Waals surface area contributed by atoms with Crippen molar-refractivity contribution in [3.63, 3.8) is 0 Å². The van der Waals surface area contributed by atoms with Crippen molar-refractivity contribution in [1.29, 1.82) is 0 Å². The summed E-state index contributed by atoms with van der Waals surface area (Å²) in [6.45, 7) is 5.50. The standard InChI is InChI=1S/C13H18N2O3S/c1-7-4-10(13(16)15-11-5-8(11)2)6-12(9(7)3)19(14,17)18/h4,6,8,11H,5H2,1-3H3,(H,15,16)(H2,14,17,18). The lowest BCUT2D eigenvalue weighted by Crippen LogP contribution is -2.27. The second-order valence-electron chi connectivity index (χ2n) is 5.25. The lowest BCUT2D eigenvalue weighted by molar-refractivity contribution is 0.0949. The number of carbonyl (C=O) groups is 1. The highest BCUT2D eigenvalue weighted by molar-refractivity contribution is 7.89. The number of hydrogen-bond acceptors (Lipinski definition) is 3. The Morgan fingerprint density at radius 3 is 2.42 bits per heavy atom. The Labute approximate surface area is 113 Å². The first kappa shape index (κ1) is 14.0. The molecule has 1 saturated carbocycles. The number of aryl methyl sites for hydroxylation is 1. The van der Waals surface area contributed by atoms with Gasteiger partial charge in [0.1, 0.15) is 0 Å². The molecule has 3 N–H and O–H groups in total. The summed E-state index contributed by atoms with van der Waals surface area (Å²) in [6.07, 6.45) is 0.971. The van der Waals surface area contributed by atoms with Crippen molar-refractivity contribution in [3.8, 4) is 0 Å². The lowest BCUT2D eigenvalue weighted by Gasteiger charge is -2.11. The number of rotatable bonds is 3. The molecule has 0 spiro atoms. The van der Waals surface area contributed by atoms with E-state index in [1.54, 1.807) is 19.9 Å². The molecule has 0 aromatic heterocycles. The fraction of sp³-hybridized carbons (Fsp3) is 0.462. The molecule has 104 valence electrons. The van der Waals surface area contributed by atoms with E-state index in [9.17, 15) is 13.2 Å². The molecule has 1 aromatic rings. The van der Waals surface area contributed by atoms with Crippen molar-refractivity contribution in [2.24, 2.45) is 11.1 Å². The van der Waals surface area contributed by atoms with Gasteiger partial charge in [-0.15, -0.1) is 0 Å². The van der Waals surface area contributed by atoms with Crippen molar-refractivity contribution in [1.82, 2.24) is 5.32 Å². The van der Waals surface area contributed by atoms with Crippen molar-refractivity contribution >= 4 is 15.9 Å². The summed E-state index contributed by atoms with van der Waals surface area (Å²) >= 11 is 0. The third kappa shape index (κ3) is 2.96. The van der Waals surface area contributed by atoms with E-state index in [2.05, 4.69) is 12.2 Å². The Morgan fingerprint density at radius 1 is 1.37 bits per heavy atom. The molecule has 2 atom stereocenters. The third-order valence-corrected chi connectivity index (χ3v) is 4.65. The highest BCUT2D eigenvalue weighted by atomic mass is 32.2. The zero-order valence-electron chi connectivity index (χ0n) is 11.2. The first-order valence-electron chi connectivity index (χ1n) is 6.15. The van der Waals surface area contributed by atoms with Gasteiger partial charge in [-0.05, 0) is 49.4 Å². The Morgan fingerprint density at radius 2 is 1.95 bits per heavy atom. The smallest absolute Gasteiger partial charge is 0.251 e. The van der Waals surface area contributed by atoms with Crippen LogP contribution in [0.3, 0.4) is 0 Å². The fourth-order valence-corrected chi connectivity index (χ4v) is 2.91. The van der Waals surface area contributed by atoms with E-state index in [-0.39, 0.29) is 16.8 Å². The van der Waals surface area contributed by atoms with Crippen LogP contribution in [0.1, 0.15) is 34.8 Å². The minimum atomic E-state index is -3.82. The molecular formula is C13H18N2O3S. The number of benzene rings is 1. The third-order valence-electron chi connectivity index (χ3n) is 3.61. The average molecular weight is 282 g/mol. The Bertz CT molecular complexity index is 638. The number of carbonyl (C=O) groups excluding carboxylic acids is 1. The molecule has 19 heavy (non-hydrogen) atoms. The van der Waals surface area contributed by atoms with Gasteiger partial charge in [0.15, 0.2) is 0 Å². The van der Waals surface area contributed by atoms with E-state index in [0.29, 0.717) is 17.0 Å². The Hall–Kier alpha value is -1.40. The van der Waals surface area contributed by atoms with Crippen LogP contribution in [0.4, 0.5) is 0 Å². The number of primary sulfonamides is 1. The van der Waals surface area contributed by atoms with Crippen molar-refractivity contribution in [3.05, 3.63) is 28.8 Å². The predicted molar refractivity (Wildman–Crippen MR) is 72.3 cm³/mol. The van der Waals surface area contributed by atoms with Crippen LogP contribution in [-0.4, -0.2) is 20.4 Å². The summed E-state index contributed by atoms with van der Waals surface area (Å²) in [7, 11) is -3.82. The summed E-state index contributed by atoms with van der Waals surface area (Å²) < 4.78 is 23.0. The second kappa shape index (κ2) is 4.61. The molecule has 5 nitrogen and oxygen atoms in total. The van der Waals surface area contributed by atoms with Crippen LogP contribution in [-0.2, 0) is 10.0 Å². The predicted octanol–water partition coefficient (Wildman–Crippen LogP) is 1.09. The van der Waals surface area contributed by atoms with Gasteiger partial charge in [-0.2, -0.15) is 0 Å². The molecule has 1 amide bonds. The van der Waals surface area contributed by atoms with E-state index in [1.807, 2.05) is 0 Å². The molecule has 0 bridgehead atoms. The summed E-state index contributed by atoms with van der Waals surface area (Å²) in [5, 5.41) is 8.04. The second-order valence-corrected chi connectivity index (χ2v) is 6.78. The summed E-state index contributed by atoms with van der Waals surface area (Å²) in [4.78, 5) is 12.1. The fourth-order valence-electron chi connectivity index (χ4n) is 2.03. The SMILES string of the molecule is Cc1cc(C(=O)NC2CC2C)cc(S(N)(=O)=O)c1C. The average Bonchev–Trinajstić information content (AvgIpc) is 2.96. The van der Waals surface area contributed by atoms with E-state index in [4.69, 9.17) is 5.14 Å². The van der Waals surface area contributed by atoms with Crippen LogP contribution < -0.4 is 10.5 Å². The van der Waals surface area contributed by atoms with E-state index in [0.717, 1.165) is 12.0 Å². The van der Waals surface area contributed by atoms with E-state index < -0.39 is 10.0 Å². The molecule has 0 aliphatic heterocycles. The van der Waals surface area contributed by atoms with Gasteiger partial charge in [0.25, 0.3) is 5.91 Å². The quantitative estimate of drug-likeness (QED) is 0.869. The molecule has 2 unspecified atom stereocenters. The maximum atomic E-state index is 12.0. The van der Waals surface area contributed by atoms with Gasteiger partial charge in [-0.25, -0.2) is 13.6 Å². The van der Waals surface area contributed by atoms with Crippen LogP contribution in [0, 0.1) is 19.8 Å². The number of sulfonamides is 1. The zero-order valence-corrected chi connectivity index (χ0v) is 12.0. The Balaban J connectivity index is 2.36. The first-order valence-corrected chi connectivity index (χ1v) is 7.69. The lowest BCUT2D eigenvalue weighted by atomic mass is 10.1. The monoisotopic (exact) mass is 282 g/mol. The maximum Gasteiger partial charge on any atom is 0.251 e. The molecule has 0 radical (unpaired) electrons. The van der Waals surface area contributed by atoms with Crippen molar-refractivity contribution in [2.45, 2.75) is 38.1 Å². The van der Waals surface area contributed by atoms with Gasteiger partial charge in [0, 0.05) is 11.6 Å². The molecule has 0 heterocycles. The van der Waals surface area contributed by atoms with E-state index in [1.165, 1.54) is 6.07 Å². The van der Waals surface area contributed by atoms with Crippen LogP contribution in [0.2, 0.25) is 0 Å². The number of hydrogen-bond donors (Lipinski definition) is 2. The summed E-state index contributed by atoms with van der Waals surface area (Å²) in [5.41, 5.74) is 1.66. The number of nitrogens with two attached hydrogens (primary N) is 1. The van der Waals surface area contributed by atoms with Gasteiger partial charge in [0.05, 0.1) is 4.90 Å². The zero-order chi connectivity index (χ0) is 14.4. The number of nitrogens with one attached hydrogen (secondary N) is 1. The van der Waals surface area contributed by atoms with Gasteiger partial charge >= 0.3 is 0 Å². The molecule has 6 heteroatoms. The van der Waals surface area contributed by atoms with Gasteiger partial charge < -0.3 is 5.32 Å². The summed E-state index contributed by atoms with van der Waals surface area (Å²) in [6, 6.07) is 3.24. The molecular weight excluding hydrogens is 264 g/mol. The Kier molecular flexibility index (Phi) is 3.40. The highest BCUT2D eigenvalue weighted by Crippen LogP contribution is 2.29. The van der Waals surface area contributed by atoms with Gasteiger partial charge in [-0.1, -0.05) is 6.92 Å². The maximum absolute atomic E-state index is 12.0. The first-order chi connectivity index (χ1) is 8.70. The van der Waals surface area contributed by atoms with Crippen molar-refractivity contribution < 1.29 is 13.2 Å². The molecule has 1 fully saturated rings. The van der Waals surface area contributed by atoms with E-state index >= 15 is 0 Å². The van der Waals surface area contributed by atoms with Crippen molar-refractivity contribution in [2.75, 3.05) is 0 Å². The minimum absolute atomic E-state index is 0.0153. The van der Waals surface area contributed by atoms with Crippen LogP contribution in [0.5, 0.6) is 0 Å². The molecule has 1 aromatic carbocycles.